The quantitative estimate of drug-likeness (QED) is 0.313. The number of amides is 1. The number of halogens is 3. The van der Waals surface area contributed by atoms with Gasteiger partial charge in [0.15, 0.2) is 17.4 Å². The Hall–Kier alpha value is -5.39. The molecule has 3 heterocycles. The van der Waals surface area contributed by atoms with E-state index in [0.717, 1.165) is 12.1 Å². The Morgan fingerprint density at radius 1 is 0.950 bits per heavy atom. The molecule has 3 N–H and O–H groups in total. The van der Waals surface area contributed by atoms with Crippen molar-refractivity contribution >= 4 is 17.4 Å². The van der Waals surface area contributed by atoms with Crippen LogP contribution in [0.1, 0.15) is 10.4 Å². The average molecular weight is 547 g/mol. The van der Waals surface area contributed by atoms with Crippen LogP contribution < -0.4 is 21.2 Å². The van der Waals surface area contributed by atoms with E-state index < -0.39 is 40.2 Å². The molecule has 1 amide bonds. The maximum Gasteiger partial charge on any atom is 0.261 e. The first kappa shape index (κ1) is 26.2. The summed E-state index contributed by atoms with van der Waals surface area (Å²) < 4.78 is 52.1. The second-order valence-corrected chi connectivity index (χ2v) is 8.88. The van der Waals surface area contributed by atoms with Gasteiger partial charge in [0, 0.05) is 62.1 Å². The van der Waals surface area contributed by atoms with Crippen molar-refractivity contribution in [3.63, 3.8) is 0 Å². The highest BCUT2D eigenvalue weighted by Crippen LogP contribution is 2.38. The van der Waals surface area contributed by atoms with Crippen LogP contribution in [0.3, 0.4) is 0 Å². The van der Waals surface area contributed by atoms with E-state index in [4.69, 9.17) is 10.5 Å². The minimum absolute atomic E-state index is 0.0970. The first-order valence-electron chi connectivity index (χ1n) is 11.8. The van der Waals surface area contributed by atoms with E-state index in [1.165, 1.54) is 64.4 Å². The number of hydrogen-bond acceptors (Lipinski definition) is 6. The number of nitrogens with one attached hydrogen (secondary N) is 1. The summed E-state index contributed by atoms with van der Waals surface area (Å²) in [5, 5.41) is 6.32. The minimum atomic E-state index is -1.01. The third kappa shape index (κ3) is 5.14. The van der Waals surface area contributed by atoms with Crippen LogP contribution in [0, 0.1) is 17.5 Å². The van der Waals surface area contributed by atoms with E-state index in [9.17, 15) is 14.0 Å². The average Bonchev–Trinajstić information content (AvgIpc) is 3.34. The fraction of sp³-hybridized carbons (Fsp3) is 0.0714. The lowest BCUT2D eigenvalue weighted by Crippen LogP contribution is -2.24. The molecule has 0 aliphatic rings. The van der Waals surface area contributed by atoms with Crippen molar-refractivity contribution in [1.29, 1.82) is 0 Å². The Morgan fingerprint density at radius 2 is 1.70 bits per heavy atom. The Bertz CT molecular complexity index is 1820. The number of pyridine rings is 2. The Morgan fingerprint density at radius 3 is 2.40 bits per heavy atom. The van der Waals surface area contributed by atoms with Crippen LogP contribution in [-0.4, -0.2) is 25.2 Å². The molecule has 0 spiro atoms. The zero-order valence-electron chi connectivity index (χ0n) is 21.2. The SMILES string of the molecule is Cn1cc(C(=O)Nc2cc(F)c(Oc3ccnc(N)c3-c3cnn(C)c3)cc2F)c(=O)c(-c2ccc(F)cc2)c1. The predicted molar refractivity (Wildman–Crippen MR) is 142 cm³/mol. The molecular formula is C28H21F3N6O3. The summed E-state index contributed by atoms with van der Waals surface area (Å²) >= 11 is 0. The molecule has 0 saturated carbocycles. The normalized spacial score (nSPS) is 10.9. The number of nitrogens with two attached hydrogens (primary N) is 1. The van der Waals surface area contributed by atoms with Crippen LogP contribution in [0.2, 0.25) is 0 Å². The van der Waals surface area contributed by atoms with Crippen molar-refractivity contribution in [2.45, 2.75) is 0 Å². The lowest BCUT2D eigenvalue weighted by molar-refractivity contribution is 0.102. The molecule has 202 valence electrons. The van der Waals surface area contributed by atoms with Gasteiger partial charge >= 0.3 is 0 Å². The summed E-state index contributed by atoms with van der Waals surface area (Å²) in [4.78, 5) is 30.0. The summed E-state index contributed by atoms with van der Waals surface area (Å²) in [7, 11) is 3.29. The zero-order chi connectivity index (χ0) is 28.6. The summed E-state index contributed by atoms with van der Waals surface area (Å²) in [6.07, 6.45) is 7.26. The largest absolute Gasteiger partial charge is 0.453 e. The topological polar surface area (TPSA) is 117 Å². The Labute approximate surface area is 225 Å². The molecule has 0 unspecified atom stereocenters. The van der Waals surface area contributed by atoms with Crippen molar-refractivity contribution in [2.24, 2.45) is 14.1 Å². The molecule has 0 radical (unpaired) electrons. The second kappa shape index (κ2) is 10.4. The van der Waals surface area contributed by atoms with Crippen LogP contribution in [0.15, 0.2) is 78.2 Å². The van der Waals surface area contributed by atoms with E-state index >= 15 is 8.78 Å². The van der Waals surface area contributed by atoms with E-state index in [-0.39, 0.29) is 22.7 Å². The number of carbonyl (C=O) groups is 1. The summed E-state index contributed by atoms with van der Waals surface area (Å²) in [5.41, 5.74) is 5.92. The van der Waals surface area contributed by atoms with Crippen molar-refractivity contribution in [3.8, 4) is 33.8 Å². The molecule has 0 fully saturated rings. The van der Waals surface area contributed by atoms with Gasteiger partial charge in [-0.15, -0.1) is 0 Å². The lowest BCUT2D eigenvalue weighted by atomic mass is 10.0. The maximum atomic E-state index is 15.1. The molecule has 40 heavy (non-hydrogen) atoms. The van der Waals surface area contributed by atoms with Gasteiger partial charge in [-0.1, -0.05) is 12.1 Å². The minimum Gasteiger partial charge on any atom is -0.453 e. The molecule has 3 aromatic heterocycles. The van der Waals surface area contributed by atoms with Gasteiger partial charge in [-0.25, -0.2) is 18.2 Å². The highest BCUT2D eigenvalue weighted by Gasteiger charge is 2.21. The fourth-order valence-corrected chi connectivity index (χ4v) is 4.10. The molecule has 12 heteroatoms. The number of carbonyl (C=O) groups excluding carboxylic acids is 1. The summed E-state index contributed by atoms with van der Waals surface area (Å²) in [6.45, 7) is 0. The van der Waals surface area contributed by atoms with Gasteiger partial charge in [-0.05, 0) is 23.8 Å². The lowest BCUT2D eigenvalue weighted by Gasteiger charge is -2.14. The molecule has 0 aliphatic heterocycles. The van der Waals surface area contributed by atoms with E-state index in [1.54, 1.807) is 20.3 Å². The number of ether oxygens (including phenoxy) is 1. The van der Waals surface area contributed by atoms with E-state index in [1.807, 2.05) is 0 Å². The number of aromatic nitrogens is 4. The number of rotatable bonds is 6. The van der Waals surface area contributed by atoms with Gasteiger partial charge in [0.2, 0.25) is 5.43 Å². The van der Waals surface area contributed by atoms with Gasteiger partial charge in [0.05, 0.1) is 17.4 Å². The molecule has 9 nitrogen and oxygen atoms in total. The molecule has 0 aliphatic carbocycles. The van der Waals surface area contributed by atoms with Gasteiger partial charge in [0.1, 0.15) is 22.9 Å². The van der Waals surface area contributed by atoms with E-state index in [0.29, 0.717) is 16.7 Å². The van der Waals surface area contributed by atoms with Crippen molar-refractivity contribution in [2.75, 3.05) is 11.1 Å². The van der Waals surface area contributed by atoms with Crippen molar-refractivity contribution in [3.05, 3.63) is 107 Å². The molecule has 0 bridgehead atoms. The van der Waals surface area contributed by atoms with Gasteiger partial charge in [-0.2, -0.15) is 5.10 Å². The second-order valence-electron chi connectivity index (χ2n) is 8.88. The van der Waals surface area contributed by atoms with Crippen LogP contribution in [0.25, 0.3) is 22.3 Å². The third-order valence-corrected chi connectivity index (χ3v) is 5.98. The number of hydrogen-bond donors (Lipinski definition) is 2. The molecule has 5 aromatic rings. The number of nitrogens with zero attached hydrogens (tertiary/aromatic N) is 4. The van der Waals surface area contributed by atoms with Crippen LogP contribution >= 0.6 is 0 Å². The van der Waals surface area contributed by atoms with Gasteiger partial charge in [-0.3, -0.25) is 14.3 Å². The predicted octanol–water partition coefficient (Wildman–Crippen LogP) is 4.89. The highest BCUT2D eigenvalue weighted by molar-refractivity contribution is 6.04. The number of aryl methyl sites for hydroxylation is 2. The van der Waals surface area contributed by atoms with Crippen molar-refractivity contribution in [1.82, 2.24) is 19.3 Å². The summed E-state index contributed by atoms with van der Waals surface area (Å²) in [5.74, 6) is -3.72. The zero-order valence-corrected chi connectivity index (χ0v) is 21.2. The molecule has 2 aromatic carbocycles. The van der Waals surface area contributed by atoms with Gasteiger partial charge < -0.3 is 20.4 Å². The Balaban J connectivity index is 1.44. The number of anilines is 2. The molecule has 0 atom stereocenters. The van der Waals surface area contributed by atoms with Crippen LogP contribution in [-0.2, 0) is 14.1 Å². The standard InChI is InChI=1S/C28H21F3N6O3/c1-36-13-18(15-3-5-17(29)6-4-15)26(38)19(14-36)28(39)35-22-9-21(31)24(10-20(22)30)40-23-7-8-33-27(32)25(23)16-11-34-37(2)12-16/h3-14H,1-2H3,(H2,32,33)(H,35,39). The van der Waals surface area contributed by atoms with Crippen molar-refractivity contribution < 1.29 is 22.7 Å². The highest BCUT2D eigenvalue weighted by atomic mass is 19.1. The van der Waals surface area contributed by atoms with Crippen LogP contribution in [0.5, 0.6) is 11.5 Å². The molecule has 0 saturated heterocycles. The molecular weight excluding hydrogens is 525 g/mol. The maximum absolute atomic E-state index is 15.1. The van der Waals surface area contributed by atoms with Gasteiger partial charge in [0.25, 0.3) is 5.91 Å². The number of nitrogen functional groups attached to an aromatic ring is 1. The number of benzene rings is 2. The third-order valence-electron chi connectivity index (χ3n) is 5.98. The Kier molecular flexibility index (Phi) is 6.82. The summed E-state index contributed by atoms with van der Waals surface area (Å²) in [6, 6.07) is 8.12. The fourth-order valence-electron chi connectivity index (χ4n) is 4.10. The first-order chi connectivity index (χ1) is 19.1. The smallest absolute Gasteiger partial charge is 0.261 e. The first-order valence-corrected chi connectivity index (χ1v) is 11.8. The van der Waals surface area contributed by atoms with Crippen LogP contribution in [0.4, 0.5) is 24.7 Å². The monoisotopic (exact) mass is 546 g/mol. The van der Waals surface area contributed by atoms with E-state index in [2.05, 4.69) is 15.4 Å². The molecule has 5 rings (SSSR count).